The van der Waals surface area contributed by atoms with E-state index in [4.69, 9.17) is 9.47 Å². The first kappa shape index (κ1) is 28.1. The van der Waals surface area contributed by atoms with E-state index in [2.05, 4.69) is 15.6 Å². The second kappa shape index (κ2) is 13.4. The van der Waals surface area contributed by atoms with Gasteiger partial charge in [0.1, 0.15) is 12.1 Å². The molecule has 1 saturated heterocycles. The molecule has 0 aromatic rings. The molecule has 0 aromatic heterocycles. The minimum atomic E-state index is -0.552. The van der Waals surface area contributed by atoms with Crippen molar-refractivity contribution in [1.82, 2.24) is 20.4 Å². The molecular formula is C18H36IN5O4S. The van der Waals surface area contributed by atoms with Crippen molar-refractivity contribution < 1.29 is 19.1 Å². The van der Waals surface area contributed by atoms with E-state index in [0.717, 1.165) is 5.75 Å². The number of thioether (sulfide) groups is 1. The van der Waals surface area contributed by atoms with E-state index < -0.39 is 5.60 Å². The van der Waals surface area contributed by atoms with Crippen molar-refractivity contribution in [3.63, 3.8) is 0 Å². The van der Waals surface area contributed by atoms with Crippen molar-refractivity contribution in [1.29, 1.82) is 0 Å². The van der Waals surface area contributed by atoms with E-state index in [-0.39, 0.29) is 54.7 Å². The molecule has 0 radical (unpaired) electrons. The summed E-state index contributed by atoms with van der Waals surface area (Å²) in [5, 5.41) is 6.53. The Morgan fingerprint density at radius 1 is 1.28 bits per heavy atom. The van der Waals surface area contributed by atoms with Gasteiger partial charge < -0.3 is 29.9 Å². The summed E-state index contributed by atoms with van der Waals surface area (Å²) in [4.78, 5) is 31.8. The van der Waals surface area contributed by atoms with Gasteiger partial charge in [-0.3, -0.25) is 4.79 Å². The molecule has 1 fully saturated rings. The zero-order chi connectivity index (χ0) is 21.3. The summed E-state index contributed by atoms with van der Waals surface area (Å²) in [5.41, 5.74) is -0.552. The quantitative estimate of drug-likeness (QED) is 0.215. The molecule has 1 aliphatic heterocycles. The first-order valence-corrected chi connectivity index (χ1v) is 10.7. The molecule has 0 bridgehead atoms. The van der Waals surface area contributed by atoms with Crippen LogP contribution in [0.1, 0.15) is 20.8 Å². The number of carbonyl (C=O) groups is 2. The average molecular weight is 545 g/mol. The van der Waals surface area contributed by atoms with Gasteiger partial charge >= 0.3 is 6.09 Å². The molecule has 1 rings (SSSR count). The van der Waals surface area contributed by atoms with Gasteiger partial charge in [0.25, 0.3) is 0 Å². The first-order valence-electron chi connectivity index (χ1n) is 9.32. The fraction of sp³-hybridized carbons (Fsp3) is 0.833. The predicted molar refractivity (Wildman–Crippen MR) is 128 cm³/mol. The maximum absolute atomic E-state index is 12.4. The number of aliphatic imine (C=N–C) groups is 1. The van der Waals surface area contributed by atoms with Crippen molar-refractivity contribution in [2.45, 2.75) is 38.5 Å². The molecule has 0 saturated carbocycles. The van der Waals surface area contributed by atoms with Gasteiger partial charge in [-0.05, 0) is 27.0 Å². The van der Waals surface area contributed by atoms with Crippen LogP contribution in [0.5, 0.6) is 0 Å². The monoisotopic (exact) mass is 545 g/mol. The molecule has 1 heterocycles. The molecule has 0 aliphatic carbocycles. The summed E-state index contributed by atoms with van der Waals surface area (Å²) in [6.07, 6.45) is 1.46. The molecule has 2 N–H and O–H groups in total. The van der Waals surface area contributed by atoms with E-state index in [1.165, 1.54) is 4.90 Å². The van der Waals surface area contributed by atoms with Gasteiger partial charge in [-0.15, -0.1) is 24.0 Å². The van der Waals surface area contributed by atoms with E-state index in [1.807, 2.05) is 27.0 Å². The van der Waals surface area contributed by atoms with Crippen LogP contribution in [-0.4, -0.2) is 105 Å². The molecule has 2 amide bonds. The molecule has 1 aliphatic rings. The molecule has 9 nitrogen and oxygen atoms in total. The Morgan fingerprint density at radius 2 is 1.93 bits per heavy atom. The number of nitrogens with one attached hydrogen (secondary N) is 2. The molecule has 0 aromatic carbocycles. The average Bonchev–Trinajstić information content (AvgIpc) is 3.00. The Kier molecular flexibility index (Phi) is 12.9. The summed E-state index contributed by atoms with van der Waals surface area (Å²) in [6, 6.07) is -0.160. The number of likely N-dealkylation sites (N-methyl/N-ethyl adjacent to an activating group) is 1. The lowest BCUT2D eigenvalue weighted by Gasteiger charge is -2.24. The van der Waals surface area contributed by atoms with Gasteiger partial charge in [0.05, 0.1) is 18.7 Å². The number of methoxy groups -OCH3 is 1. The summed E-state index contributed by atoms with van der Waals surface area (Å²) >= 11 is 1.72. The highest BCUT2D eigenvalue weighted by Gasteiger charge is 2.37. The van der Waals surface area contributed by atoms with E-state index >= 15 is 0 Å². The molecule has 2 atom stereocenters. The lowest BCUT2D eigenvalue weighted by molar-refractivity contribution is -0.127. The van der Waals surface area contributed by atoms with Crippen molar-refractivity contribution in [3.8, 4) is 0 Å². The fourth-order valence-electron chi connectivity index (χ4n) is 2.51. The molecular weight excluding hydrogens is 509 g/mol. The smallest absolute Gasteiger partial charge is 0.410 e. The van der Waals surface area contributed by atoms with Crippen LogP contribution in [0.15, 0.2) is 4.99 Å². The first-order chi connectivity index (χ1) is 13.1. The lowest BCUT2D eigenvalue weighted by atomic mass is 10.2. The maximum Gasteiger partial charge on any atom is 0.410 e. The lowest BCUT2D eigenvalue weighted by Crippen LogP contribution is -2.50. The van der Waals surface area contributed by atoms with Crippen LogP contribution in [0.4, 0.5) is 4.79 Å². The number of ether oxygens (including phenoxy) is 2. The van der Waals surface area contributed by atoms with E-state index in [9.17, 15) is 9.59 Å². The standard InChI is InChI=1S/C18H35N5O4S.HI/c1-18(2,3)27-17(25)23-11-13(14(12-23)26-6)21-16(19-8-9-28-7)20-10-15(24)22(4)5;/h13-14H,8-12H2,1-7H3,(H2,19,20,21);1H/t13?,14-;/m0./s1. The van der Waals surface area contributed by atoms with Gasteiger partial charge in [0, 0.05) is 40.0 Å². The second-order valence-electron chi connectivity index (χ2n) is 7.78. The molecule has 170 valence electrons. The van der Waals surface area contributed by atoms with Crippen LogP contribution in [0.3, 0.4) is 0 Å². The van der Waals surface area contributed by atoms with Crippen molar-refractivity contribution >= 4 is 53.7 Å². The van der Waals surface area contributed by atoms with Crippen LogP contribution < -0.4 is 10.6 Å². The van der Waals surface area contributed by atoms with Crippen molar-refractivity contribution in [2.24, 2.45) is 4.99 Å². The number of halogens is 1. The minimum absolute atomic E-state index is 0. The number of hydrogen-bond acceptors (Lipinski definition) is 6. The number of amides is 2. The van der Waals surface area contributed by atoms with E-state index in [0.29, 0.717) is 25.6 Å². The van der Waals surface area contributed by atoms with Crippen LogP contribution in [-0.2, 0) is 14.3 Å². The topological polar surface area (TPSA) is 95.5 Å². The number of nitrogens with zero attached hydrogens (tertiary/aromatic N) is 3. The highest BCUT2D eigenvalue weighted by Crippen LogP contribution is 2.17. The number of likely N-dealkylation sites (tertiary alicyclic amines) is 1. The Hall–Kier alpha value is -0.950. The Morgan fingerprint density at radius 3 is 2.45 bits per heavy atom. The Bertz CT molecular complexity index is 557. The third-order valence-corrected chi connectivity index (χ3v) is 4.62. The Labute approximate surface area is 195 Å². The fourth-order valence-corrected chi connectivity index (χ4v) is 2.82. The highest BCUT2D eigenvalue weighted by molar-refractivity contribution is 14.0. The summed E-state index contributed by atoms with van der Waals surface area (Å²) in [7, 11) is 5.01. The normalized spacial score (nSPS) is 19.4. The summed E-state index contributed by atoms with van der Waals surface area (Å²) in [6.45, 7) is 7.13. The van der Waals surface area contributed by atoms with Crippen molar-refractivity contribution in [2.75, 3.05) is 59.4 Å². The van der Waals surface area contributed by atoms with Crippen LogP contribution in [0.2, 0.25) is 0 Å². The summed E-state index contributed by atoms with van der Waals surface area (Å²) in [5.74, 6) is 1.35. The Balaban J connectivity index is 0.00000784. The summed E-state index contributed by atoms with van der Waals surface area (Å²) < 4.78 is 11.0. The van der Waals surface area contributed by atoms with Gasteiger partial charge in [-0.2, -0.15) is 11.8 Å². The number of guanidine groups is 1. The highest BCUT2D eigenvalue weighted by atomic mass is 127. The molecule has 29 heavy (non-hydrogen) atoms. The van der Waals surface area contributed by atoms with Gasteiger partial charge in [0.2, 0.25) is 5.91 Å². The van der Waals surface area contributed by atoms with Crippen LogP contribution in [0.25, 0.3) is 0 Å². The molecule has 0 spiro atoms. The molecule has 11 heteroatoms. The number of carbonyl (C=O) groups excluding carboxylic acids is 2. The zero-order valence-corrected chi connectivity index (χ0v) is 21.6. The van der Waals surface area contributed by atoms with Crippen LogP contribution in [0, 0.1) is 0 Å². The zero-order valence-electron chi connectivity index (χ0n) is 18.5. The van der Waals surface area contributed by atoms with Crippen LogP contribution >= 0.6 is 35.7 Å². The van der Waals surface area contributed by atoms with Gasteiger partial charge in [-0.25, -0.2) is 9.79 Å². The largest absolute Gasteiger partial charge is 0.444 e. The van der Waals surface area contributed by atoms with Gasteiger partial charge in [0.15, 0.2) is 5.96 Å². The third kappa shape index (κ3) is 10.6. The minimum Gasteiger partial charge on any atom is -0.444 e. The predicted octanol–water partition coefficient (Wildman–Crippen LogP) is 1.23. The third-order valence-electron chi connectivity index (χ3n) is 4.01. The molecule has 1 unspecified atom stereocenters. The van der Waals surface area contributed by atoms with Crippen molar-refractivity contribution in [3.05, 3.63) is 0 Å². The number of rotatable bonds is 7. The number of hydrogen-bond donors (Lipinski definition) is 2. The SMILES string of the molecule is CO[C@H]1CN(C(=O)OC(C)(C)C)CC1NC(=NCC(=O)N(C)C)NCCSC.I. The van der Waals surface area contributed by atoms with E-state index in [1.54, 1.807) is 37.9 Å². The second-order valence-corrected chi connectivity index (χ2v) is 8.77. The maximum atomic E-state index is 12.4. The van der Waals surface area contributed by atoms with Gasteiger partial charge in [-0.1, -0.05) is 0 Å².